The van der Waals surface area contributed by atoms with E-state index in [4.69, 9.17) is 4.74 Å². The number of hydrogen-bond acceptors (Lipinski definition) is 2. The summed E-state index contributed by atoms with van der Waals surface area (Å²) in [6.07, 6.45) is 5.77. The van der Waals surface area contributed by atoms with Crippen LogP contribution in [0.1, 0.15) is 49.3 Å². The minimum absolute atomic E-state index is 0.340. The van der Waals surface area contributed by atoms with Crippen molar-refractivity contribution in [1.29, 1.82) is 0 Å². The van der Waals surface area contributed by atoms with Gasteiger partial charge >= 0.3 is 0 Å². The van der Waals surface area contributed by atoms with Gasteiger partial charge in [0.1, 0.15) is 5.75 Å². The zero-order chi connectivity index (χ0) is 12.3. The van der Waals surface area contributed by atoms with E-state index < -0.39 is 0 Å². The van der Waals surface area contributed by atoms with Gasteiger partial charge in [-0.3, -0.25) is 0 Å². The van der Waals surface area contributed by atoms with Crippen LogP contribution in [-0.2, 0) is 0 Å². The molecule has 1 N–H and O–H groups in total. The van der Waals surface area contributed by atoms with E-state index >= 15 is 0 Å². The monoisotopic (exact) mass is 234 g/mol. The second kappa shape index (κ2) is 5.54. The first-order valence-electron chi connectivity index (χ1n) is 6.53. The average Bonchev–Trinajstić information content (AvgIpc) is 2.82. The Balaban J connectivity index is 2.04. The first-order valence-corrected chi connectivity index (χ1v) is 6.53. The molecule has 0 saturated heterocycles. The molecule has 17 heavy (non-hydrogen) atoms. The Morgan fingerprint density at radius 3 is 2.71 bits per heavy atom. The van der Waals surface area contributed by atoms with Crippen molar-refractivity contribution in [3.63, 3.8) is 0 Å². The third kappa shape index (κ3) is 3.01. The fourth-order valence-corrected chi connectivity index (χ4v) is 2.74. The Morgan fingerprint density at radius 1 is 1.35 bits per heavy atom. The Labute approximate surface area is 104 Å². The summed E-state index contributed by atoms with van der Waals surface area (Å²) in [5.74, 6) is 1.57. The third-order valence-electron chi connectivity index (χ3n) is 3.85. The van der Waals surface area contributed by atoms with Gasteiger partial charge in [-0.1, -0.05) is 37.8 Å². The van der Waals surface area contributed by atoms with Gasteiger partial charge in [-0.05, 0) is 36.5 Å². The summed E-state index contributed by atoms with van der Waals surface area (Å²) in [7, 11) is 1.68. The van der Waals surface area contributed by atoms with Crippen molar-refractivity contribution in [3.8, 4) is 5.75 Å². The van der Waals surface area contributed by atoms with Gasteiger partial charge in [0.25, 0.3) is 0 Å². The van der Waals surface area contributed by atoms with Crippen LogP contribution in [-0.4, -0.2) is 12.2 Å². The van der Waals surface area contributed by atoms with Crippen molar-refractivity contribution >= 4 is 0 Å². The maximum Gasteiger partial charge on any atom is 0.122 e. The summed E-state index contributed by atoms with van der Waals surface area (Å²) in [5.41, 5.74) is 2.10. The van der Waals surface area contributed by atoms with Crippen LogP contribution in [0.3, 0.4) is 0 Å². The molecule has 1 atom stereocenters. The van der Waals surface area contributed by atoms with Gasteiger partial charge < -0.3 is 9.84 Å². The molecule has 0 spiro atoms. The van der Waals surface area contributed by atoms with Crippen LogP contribution in [0.4, 0.5) is 0 Å². The fourth-order valence-electron chi connectivity index (χ4n) is 2.74. The van der Waals surface area contributed by atoms with E-state index in [0.29, 0.717) is 5.92 Å². The van der Waals surface area contributed by atoms with Crippen molar-refractivity contribution in [2.24, 2.45) is 5.92 Å². The molecule has 1 saturated carbocycles. The molecule has 2 rings (SSSR count). The Hall–Kier alpha value is -1.02. The SMILES string of the molecule is COc1cc(C(O)CC2CCCC2)ccc1C. The zero-order valence-corrected chi connectivity index (χ0v) is 10.8. The average molecular weight is 234 g/mol. The lowest BCUT2D eigenvalue weighted by atomic mass is 9.95. The first-order chi connectivity index (χ1) is 8.20. The van der Waals surface area contributed by atoms with E-state index in [1.807, 2.05) is 25.1 Å². The lowest BCUT2D eigenvalue weighted by molar-refractivity contribution is 0.144. The number of ether oxygens (including phenoxy) is 1. The topological polar surface area (TPSA) is 29.5 Å². The molecular formula is C15H22O2. The highest BCUT2D eigenvalue weighted by Crippen LogP contribution is 2.34. The van der Waals surface area contributed by atoms with Crippen LogP contribution in [0, 0.1) is 12.8 Å². The molecule has 0 aliphatic heterocycles. The second-order valence-corrected chi connectivity index (χ2v) is 5.13. The van der Waals surface area contributed by atoms with Gasteiger partial charge in [0, 0.05) is 0 Å². The lowest BCUT2D eigenvalue weighted by Gasteiger charge is -2.17. The summed E-state index contributed by atoms with van der Waals surface area (Å²) >= 11 is 0. The summed E-state index contributed by atoms with van der Waals surface area (Å²) in [6.45, 7) is 2.02. The Bertz CT molecular complexity index is 367. The van der Waals surface area contributed by atoms with Gasteiger partial charge in [0.05, 0.1) is 13.2 Å². The van der Waals surface area contributed by atoms with Crippen LogP contribution in [0.25, 0.3) is 0 Å². The molecule has 2 heteroatoms. The minimum atomic E-state index is -0.340. The number of methoxy groups -OCH3 is 1. The van der Waals surface area contributed by atoms with Crippen LogP contribution in [0.15, 0.2) is 18.2 Å². The largest absolute Gasteiger partial charge is 0.496 e. The smallest absolute Gasteiger partial charge is 0.122 e. The lowest BCUT2D eigenvalue weighted by Crippen LogP contribution is -2.04. The zero-order valence-electron chi connectivity index (χ0n) is 10.8. The standard InChI is InChI=1S/C15H22O2/c1-11-7-8-13(10-15(11)17-2)14(16)9-12-5-3-4-6-12/h7-8,10,12,14,16H,3-6,9H2,1-2H3. The quantitative estimate of drug-likeness (QED) is 0.862. The molecule has 2 nitrogen and oxygen atoms in total. The predicted octanol–water partition coefficient (Wildman–Crippen LogP) is 3.62. The van der Waals surface area contributed by atoms with Crippen molar-refractivity contribution in [2.75, 3.05) is 7.11 Å². The van der Waals surface area contributed by atoms with E-state index in [9.17, 15) is 5.11 Å². The second-order valence-electron chi connectivity index (χ2n) is 5.13. The molecule has 1 fully saturated rings. The van der Waals surface area contributed by atoms with Crippen LogP contribution in [0.5, 0.6) is 5.75 Å². The van der Waals surface area contributed by atoms with Crippen molar-refractivity contribution in [1.82, 2.24) is 0 Å². The Kier molecular flexibility index (Phi) is 4.06. The predicted molar refractivity (Wildman–Crippen MR) is 69.3 cm³/mol. The van der Waals surface area contributed by atoms with Gasteiger partial charge in [-0.15, -0.1) is 0 Å². The molecule has 0 radical (unpaired) electrons. The van der Waals surface area contributed by atoms with Gasteiger partial charge in [-0.25, -0.2) is 0 Å². The summed E-state index contributed by atoms with van der Waals surface area (Å²) in [5, 5.41) is 10.2. The fraction of sp³-hybridized carbons (Fsp3) is 0.600. The van der Waals surface area contributed by atoms with E-state index in [1.54, 1.807) is 7.11 Å². The molecule has 0 bridgehead atoms. The maximum absolute atomic E-state index is 10.2. The molecule has 1 aromatic carbocycles. The number of rotatable bonds is 4. The number of hydrogen-bond donors (Lipinski definition) is 1. The molecular weight excluding hydrogens is 212 g/mol. The highest BCUT2D eigenvalue weighted by molar-refractivity contribution is 5.37. The molecule has 0 amide bonds. The number of benzene rings is 1. The summed E-state index contributed by atoms with van der Waals surface area (Å²) in [6, 6.07) is 6.00. The molecule has 1 aliphatic carbocycles. The third-order valence-corrected chi connectivity index (χ3v) is 3.85. The number of aliphatic hydroxyl groups is 1. The molecule has 1 aromatic rings. The maximum atomic E-state index is 10.2. The normalized spacial score (nSPS) is 18.3. The van der Waals surface area contributed by atoms with E-state index in [1.165, 1.54) is 25.7 Å². The Morgan fingerprint density at radius 2 is 2.06 bits per heavy atom. The van der Waals surface area contributed by atoms with Crippen molar-refractivity contribution < 1.29 is 9.84 Å². The highest BCUT2D eigenvalue weighted by Gasteiger charge is 2.20. The molecule has 0 heterocycles. The van der Waals surface area contributed by atoms with Crippen LogP contribution < -0.4 is 4.74 Å². The van der Waals surface area contributed by atoms with Gasteiger partial charge in [0.2, 0.25) is 0 Å². The summed E-state index contributed by atoms with van der Waals surface area (Å²) in [4.78, 5) is 0. The molecule has 1 aliphatic rings. The highest BCUT2D eigenvalue weighted by atomic mass is 16.5. The van der Waals surface area contributed by atoms with Crippen LogP contribution in [0.2, 0.25) is 0 Å². The molecule has 94 valence electrons. The number of aliphatic hydroxyl groups excluding tert-OH is 1. The van der Waals surface area contributed by atoms with Gasteiger partial charge in [0.15, 0.2) is 0 Å². The van der Waals surface area contributed by atoms with Crippen LogP contribution >= 0.6 is 0 Å². The molecule has 0 aromatic heterocycles. The number of aryl methyl sites for hydroxylation is 1. The minimum Gasteiger partial charge on any atom is -0.496 e. The molecule has 1 unspecified atom stereocenters. The van der Waals surface area contributed by atoms with E-state index in [-0.39, 0.29) is 6.10 Å². The van der Waals surface area contributed by atoms with Crippen molar-refractivity contribution in [3.05, 3.63) is 29.3 Å². The van der Waals surface area contributed by atoms with Crippen molar-refractivity contribution in [2.45, 2.75) is 45.1 Å². The van der Waals surface area contributed by atoms with Gasteiger partial charge in [-0.2, -0.15) is 0 Å². The first kappa shape index (κ1) is 12.4. The van der Waals surface area contributed by atoms with E-state index in [0.717, 1.165) is 23.3 Å². The van der Waals surface area contributed by atoms with E-state index in [2.05, 4.69) is 0 Å². The summed E-state index contributed by atoms with van der Waals surface area (Å²) < 4.78 is 5.29.